The van der Waals surface area contributed by atoms with Crippen LogP contribution in [-0.4, -0.2) is 65.5 Å². The van der Waals surface area contributed by atoms with Crippen LogP contribution in [0.25, 0.3) is 22.5 Å². The molecule has 0 radical (unpaired) electrons. The zero-order chi connectivity index (χ0) is 25.7. The van der Waals surface area contributed by atoms with Crippen LogP contribution in [0.15, 0.2) is 42.7 Å². The van der Waals surface area contributed by atoms with Gasteiger partial charge in [0, 0.05) is 37.6 Å². The first-order valence-electron chi connectivity index (χ1n) is 12.2. The van der Waals surface area contributed by atoms with E-state index in [1.165, 1.54) is 5.57 Å². The maximum atomic E-state index is 12.7. The molecule has 0 unspecified atom stereocenters. The second kappa shape index (κ2) is 11.9. The van der Waals surface area contributed by atoms with Crippen LogP contribution in [-0.2, 0) is 20.2 Å². The number of hydrogen-bond donors (Lipinski definition) is 1. The molecule has 1 aromatic carbocycles. The molecule has 3 heterocycles. The van der Waals surface area contributed by atoms with Gasteiger partial charge in [-0.05, 0) is 61.2 Å². The summed E-state index contributed by atoms with van der Waals surface area (Å²) in [6.07, 6.45) is 7.44. The van der Waals surface area contributed by atoms with Gasteiger partial charge in [0.2, 0.25) is 0 Å². The number of ether oxygens (including phenoxy) is 1. The summed E-state index contributed by atoms with van der Waals surface area (Å²) in [6, 6.07) is 7.69. The number of fused-ring (bicyclic) bond motifs is 1. The van der Waals surface area contributed by atoms with Gasteiger partial charge in [0.05, 0.1) is 43.8 Å². The lowest BCUT2D eigenvalue weighted by atomic mass is 10.0. The summed E-state index contributed by atoms with van der Waals surface area (Å²) >= 11 is 6.34. The van der Waals surface area contributed by atoms with Gasteiger partial charge in [-0.2, -0.15) is 0 Å². The molecular formula is C26H33ClN3O5P. The van der Waals surface area contributed by atoms with Crippen LogP contribution in [0.4, 0.5) is 0 Å². The Morgan fingerprint density at radius 3 is 2.61 bits per heavy atom. The van der Waals surface area contributed by atoms with Crippen molar-refractivity contribution < 1.29 is 23.5 Å². The lowest BCUT2D eigenvalue weighted by molar-refractivity contribution is 0.214. The molecule has 2 aromatic heterocycles. The SMILES string of the molecule is CCOP(=O)(CCN1CC=C(c2ccn3cc(-c4cc(Cl)c(OC)cc4CO)nc3c2)CC1)OCC. The second-order valence-electron chi connectivity index (χ2n) is 8.56. The van der Waals surface area contributed by atoms with Crippen molar-refractivity contribution in [1.29, 1.82) is 0 Å². The maximum Gasteiger partial charge on any atom is 0.331 e. The molecule has 3 aromatic rings. The molecule has 8 nitrogen and oxygen atoms in total. The van der Waals surface area contributed by atoms with Crippen molar-refractivity contribution in [3.8, 4) is 17.0 Å². The quantitative estimate of drug-likeness (QED) is 0.325. The van der Waals surface area contributed by atoms with E-state index in [0.29, 0.717) is 42.3 Å². The predicted octanol–water partition coefficient (Wildman–Crippen LogP) is 5.51. The van der Waals surface area contributed by atoms with E-state index in [1.807, 2.05) is 30.6 Å². The Morgan fingerprint density at radius 2 is 1.97 bits per heavy atom. The van der Waals surface area contributed by atoms with Gasteiger partial charge in [0.1, 0.15) is 11.4 Å². The Kier molecular flexibility index (Phi) is 8.88. The van der Waals surface area contributed by atoms with E-state index in [2.05, 4.69) is 23.1 Å². The zero-order valence-electron chi connectivity index (χ0n) is 20.9. The van der Waals surface area contributed by atoms with E-state index in [-0.39, 0.29) is 6.61 Å². The van der Waals surface area contributed by atoms with Gasteiger partial charge in [-0.3, -0.25) is 9.46 Å². The van der Waals surface area contributed by atoms with Gasteiger partial charge in [0.25, 0.3) is 0 Å². The number of halogens is 1. The fraction of sp³-hybridized carbons (Fsp3) is 0.423. The van der Waals surface area contributed by atoms with E-state index in [0.717, 1.165) is 42.0 Å². The first kappa shape index (κ1) is 26.9. The molecular weight excluding hydrogens is 501 g/mol. The molecule has 36 heavy (non-hydrogen) atoms. The lowest BCUT2D eigenvalue weighted by Gasteiger charge is -2.28. The highest BCUT2D eigenvalue weighted by Crippen LogP contribution is 2.47. The van der Waals surface area contributed by atoms with Crippen LogP contribution in [0.1, 0.15) is 31.4 Å². The molecule has 0 saturated heterocycles. The predicted molar refractivity (Wildman–Crippen MR) is 143 cm³/mol. The van der Waals surface area contributed by atoms with Crippen molar-refractivity contribution >= 4 is 30.4 Å². The number of aliphatic hydroxyl groups excluding tert-OH is 1. The van der Waals surface area contributed by atoms with Crippen molar-refractivity contribution in [1.82, 2.24) is 14.3 Å². The van der Waals surface area contributed by atoms with Gasteiger partial charge < -0.3 is 23.3 Å². The first-order valence-corrected chi connectivity index (χ1v) is 14.3. The molecule has 1 N–H and O–H groups in total. The Labute approximate surface area is 217 Å². The minimum Gasteiger partial charge on any atom is -0.495 e. The van der Waals surface area contributed by atoms with Crippen molar-refractivity contribution in [3.63, 3.8) is 0 Å². The lowest BCUT2D eigenvalue weighted by Crippen LogP contribution is -2.31. The summed E-state index contributed by atoms with van der Waals surface area (Å²) in [5.41, 5.74) is 5.42. The van der Waals surface area contributed by atoms with Crippen molar-refractivity contribution in [2.24, 2.45) is 0 Å². The molecule has 4 rings (SSSR count). The van der Waals surface area contributed by atoms with E-state index >= 15 is 0 Å². The fourth-order valence-corrected chi connectivity index (χ4v) is 6.32. The van der Waals surface area contributed by atoms with E-state index in [1.54, 1.807) is 19.2 Å². The molecule has 0 aliphatic carbocycles. The van der Waals surface area contributed by atoms with Crippen molar-refractivity contribution in [2.45, 2.75) is 26.9 Å². The normalized spacial score (nSPS) is 14.9. The Bertz CT molecular complexity index is 1280. The molecule has 1 aliphatic rings. The monoisotopic (exact) mass is 533 g/mol. The number of aliphatic hydroxyl groups is 1. The molecule has 0 amide bonds. The molecule has 194 valence electrons. The summed E-state index contributed by atoms with van der Waals surface area (Å²) in [5.74, 6) is 0.521. The number of hydrogen-bond acceptors (Lipinski definition) is 7. The van der Waals surface area contributed by atoms with E-state index < -0.39 is 7.60 Å². The molecule has 0 fully saturated rings. The highest BCUT2D eigenvalue weighted by atomic mass is 35.5. The maximum absolute atomic E-state index is 12.7. The van der Waals surface area contributed by atoms with Crippen LogP contribution in [0.5, 0.6) is 5.75 Å². The fourth-order valence-electron chi connectivity index (χ4n) is 4.43. The number of aromatic nitrogens is 2. The van der Waals surface area contributed by atoms with Gasteiger partial charge in [-0.15, -0.1) is 0 Å². The van der Waals surface area contributed by atoms with Crippen LogP contribution in [0.3, 0.4) is 0 Å². The van der Waals surface area contributed by atoms with Gasteiger partial charge in [-0.1, -0.05) is 17.7 Å². The van der Waals surface area contributed by atoms with Crippen LogP contribution >= 0.6 is 19.2 Å². The summed E-state index contributed by atoms with van der Waals surface area (Å²) < 4.78 is 30.8. The summed E-state index contributed by atoms with van der Waals surface area (Å²) in [5, 5.41) is 10.3. The van der Waals surface area contributed by atoms with Crippen LogP contribution < -0.4 is 4.74 Å². The van der Waals surface area contributed by atoms with E-state index in [9.17, 15) is 9.67 Å². The van der Waals surface area contributed by atoms with Gasteiger partial charge in [0.15, 0.2) is 0 Å². The zero-order valence-corrected chi connectivity index (χ0v) is 22.6. The van der Waals surface area contributed by atoms with E-state index in [4.69, 9.17) is 30.4 Å². The molecule has 1 aliphatic heterocycles. The largest absolute Gasteiger partial charge is 0.495 e. The Balaban J connectivity index is 1.49. The number of methoxy groups -OCH3 is 1. The molecule has 0 spiro atoms. The summed E-state index contributed by atoms with van der Waals surface area (Å²) in [4.78, 5) is 7.07. The van der Waals surface area contributed by atoms with Crippen LogP contribution in [0, 0.1) is 0 Å². The van der Waals surface area contributed by atoms with Crippen molar-refractivity contribution in [3.05, 3.63) is 58.9 Å². The average molecular weight is 534 g/mol. The summed E-state index contributed by atoms with van der Waals surface area (Å²) in [6.45, 7) is 6.61. The Hall–Kier alpha value is -2.19. The Morgan fingerprint density at radius 1 is 1.19 bits per heavy atom. The third-order valence-electron chi connectivity index (χ3n) is 6.29. The third kappa shape index (κ3) is 6.02. The van der Waals surface area contributed by atoms with Crippen molar-refractivity contribution in [2.75, 3.05) is 46.1 Å². The number of nitrogens with zero attached hydrogens (tertiary/aromatic N) is 3. The van der Waals surface area contributed by atoms with Gasteiger partial charge >= 0.3 is 7.60 Å². The number of benzene rings is 1. The van der Waals surface area contributed by atoms with Gasteiger partial charge in [-0.25, -0.2) is 4.98 Å². The smallest absolute Gasteiger partial charge is 0.331 e. The molecule has 10 heteroatoms. The highest BCUT2D eigenvalue weighted by Gasteiger charge is 2.25. The molecule has 0 saturated carbocycles. The third-order valence-corrected chi connectivity index (χ3v) is 8.64. The molecule has 0 bridgehead atoms. The van der Waals surface area contributed by atoms with Crippen LogP contribution in [0.2, 0.25) is 5.02 Å². The molecule has 0 atom stereocenters. The second-order valence-corrected chi connectivity index (χ2v) is 11.2. The minimum atomic E-state index is -3.03. The topological polar surface area (TPSA) is 85.5 Å². The number of pyridine rings is 1. The summed E-state index contributed by atoms with van der Waals surface area (Å²) in [7, 11) is -1.48. The highest BCUT2D eigenvalue weighted by molar-refractivity contribution is 7.53. The first-order chi connectivity index (χ1) is 17.4. The number of imidazole rings is 1. The standard InChI is InChI=1S/C26H33ClN3O5P/c1-4-34-36(32,35-5-2)13-12-29-9-6-19(7-10-29)20-8-11-30-17-24(28-26(30)15-20)22-16-23(27)25(33-3)14-21(22)18-31/h6,8,11,14-17,31H,4-5,7,9-10,12-13,18H2,1-3H3. The number of rotatable bonds is 11. The minimum absolute atomic E-state index is 0.143. The average Bonchev–Trinajstić information content (AvgIpc) is 3.31.